The molecule has 0 aromatic carbocycles. The number of carbonyl (C=O) groups is 1. The molecular weight excluding hydrogens is 192 g/mol. The summed E-state index contributed by atoms with van der Waals surface area (Å²) in [6, 6.07) is 0. The maximum Gasteiger partial charge on any atom is 0.272 e. The molecular formula is C10H16N4O. The Morgan fingerprint density at radius 3 is 3.07 bits per heavy atom. The van der Waals surface area contributed by atoms with Crippen LogP contribution in [0.3, 0.4) is 0 Å². The van der Waals surface area contributed by atoms with Gasteiger partial charge in [0.2, 0.25) is 0 Å². The molecule has 0 unspecified atom stereocenters. The number of aryl methyl sites for hydroxylation is 1. The van der Waals surface area contributed by atoms with Gasteiger partial charge < -0.3 is 10.2 Å². The van der Waals surface area contributed by atoms with Crippen LogP contribution in [0.2, 0.25) is 0 Å². The van der Waals surface area contributed by atoms with Gasteiger partial charge in [-0.2, -0.15) is 5.10 Å². The van der Waals surface area contributed by atoms with Gasteiger partial charge >= 0.3 is 0 Å². The Morgan fingerprint density at radius 1 is 1.47 bits per heavy atom. The number of H-pyrrole nitrogens is 1. The van der Waals surface area contributed by atoms with E-state index in [0.29, 0.717) is 5.69 Å². The van der Waals surface area contributed by atoms with Gasteiger partial charge in [-0.25, -0.2) is 0 Å². The summed E-state index contributed by atoms with van der Waals surface area (Å²) in [4.78, 5) is 13.9. The highest BCUT2D eigenvalue weighted by Crippen LogP contribution is 2.07. The number of hydrogen-bond donors (Lipinski definition) is 2. The molecule has 2 heterocycles. The summed E-state index contributed by atoms with van der Waals surface area (Å²) in [6.07, 6.45) is 2.70. The molecule has 1 aromatic heterocycles. The molecule has 2 rings (SSSR count). The van der Waals surface area contributed by atoms with Crippen molar-refractivity contribution in [2.24, 2.45) is 0 Å². The SMILES string of the molecule is Cc1cn[nH]c1C(=O)N1CCCNCC1. The first-order valence-electron chi connectivity index (χ1n) is 5.29. The van der Waals surface area contributed by atoms with E-state index in [1.54, 1.807) is 6.20 Å². The Bertz CT molecular complexity index is 339. The summed E-state index contributed by atoms with van der Waals surface area (Å²) in [5, 5.41) is 9.91. The van der Waals surface area contributed by atoms with Crippen molar-refractivity contribution in [1.29, 1.82) is 0 Å². The minimum absolute atomic E-state index is 0.0636. The summed E-state index contributed by atoms with van der Waals surface area (Å²) < 4.78 is 0. The first-order chi connectivity index (χ1) is 7.29. The van der Waals surface area contributed by atoms with Gasteiger partial charge in [0, 0.05) is 19.6 Å². The fourth-order valence-corrected chi connectivity index (χ4v) is 1.77. The van der Waals surface area contributed by atoms with Gasteiger partial charge in [-0.3, -0.25) is 9.89 Å². The van der Waals surface area contributed by atoms with Crippen molar-refractivity contribution in [2.45, 2.75) is 13.3 Å². The van der Waals surface area contributed by atoms with E-state index < -0.39 is 0 Å². The molecule has 0 radical (unpaired) electrons. The third kappa shape index (κ3) is 2.18. The number of amides is 1. The predicted octanol–water partition coefficient (Wildman–Crippen LogP) is 0.154. The smallest absolute Gasteiger partial charge is 0.272 e. The first kappa shape index (κ1) is 10.2. The molecule has 82 valence electrons. The summed E-state index contributed by atoms with van der Waals surface area (Å²) >= 11 is 0. The summed E-state index contributed by atoms with van der Waals surface area (Å²) in [7, 11) is 0. The van der Waals surface area contributed by atoms with Crippen molar-refractivity contribution in [3.05, 3.63) is 17.5 Å². The van der Waals surface area contributed by atoms with Crippen LogP contribution in [0, 0.1) is 6.92 Å². The molecule has 1 aromatic rings. The fourth-order valence-electron chi connectivity index (χ4n) is 1.77. The van der Waals surface area contributed by atoms with Gasteiger partial charge in [-0.05, 0) is 25.5 Å². The van der Waals surface area contributed by atoms with Crippen LogP contribution in [-0.4, -0.2) is 47.2 Å². The second-order valence-electron chi connectivity index (χ2n) is 3.82. The molecule has 1 fully saturated rings. The Labute approximate surface area is 88.8 Å². The number of aromatic amines is 1. The van der Waals surface area contributed by atoms with E-state index in [1.807, 2.05) is 11.8 Å². The van der Waals surface area contributed by atoms with Crippen LogP contribution < -0.4 is 5.32 Å². The Hall–Kier alpha value is -1.36. The molecule has 5 heteroatoms. The Morgan fingerprint density at radius 2 is 2.33 bits per heavy atom. The molecule has 1 amide bonds. The molecule has 15 heavy (non-hydrogen) atoms. The second kappa shape index (κ2) is 4.44. The molecule has 0 aliphatic carbocycles. The van der Waals surface area contributed by atoms with Crippen molar-refractivity contribution >= 4 is 5.91 Å². The van der Waals surface area contributed by atoms with Crippen LogP contribution in [0.4, 0.5) is 0 Å². The lowest BCUT2D eigenvalue weighted by Crippen LogP contribution is -2.34. The van der Waals surface area contributed by atoms with Crippen LogP contribution >= 0.6 is 0 Å². The molecule has 0 atom stereocenters. The number of nitrogens with one attached hydrogen (secondary N) is 2. The zero-order valence-corrected chi connectivity index (χ0v) is 8.92. The molecule has 5 nitrogen and oxygen atoms in total. The van der Waals surface area contributed by atoms with E-state index in [9.17, 15) is 4.79 Å². The topological polar surface area (TPSA) is 61.0 Å². The minimum Gasteiger partial charge on any atom is -0.336 e. The number of aromatic nitrogens is 2. The van der Waals surface area contributed by atoms with Crippen LogP contribution in [0.25, 0.3) is 0 Å². The molecule has 0 bridgehead atoms. The van der Waals surface area contributed by atoms with E-state index in [0.717, 1.165) is 38.2 Å². The van der Waals surface area contributed by atoms with E-state index >= 15 is 0 Å². The normalized spacial score (nSPS) is 17.5. The van der Waals surface area contributed by atoms with Gasteiger partial charge in [0.05, 0.1) is 6.20 Å². The number of hydrogen-bond acceptors (Lipinski definition) is 3. The highest BCUT2D eigenvalue weighted by atomic mass is 16.2. The maximum atomic E-state index is 12.1. The Kier molecular flexibility index (Phi) is 3.01. The summed E-state index contributed by atoms with van der Waals surface area (Å²) in [6.45, 7) is 5.36. The zero-order chi connectivity index (χ0) is 10.7. The fraction of sp³-hybridized carbons (Fsp3) is 0.600. The average molecular weight is 208 g/mol. The maximum absolute atomic E-state index is 12.1. The minimum atomic E-state index is 0.0636. The monoisotopic (exact) mass is 208 g/mol. The van der Waals surface area contributed by atoms with Gasteiger partial charge in [0.1, 0.15) is 5.69 Å². The number of nitrogens with zero attached hydrogens (tertiary/aromatic N) is 2. The second-order valence-corrected chi connectivity index (χ2v) is 3.82. The quantitative estimate of drug-likeness (QED) is 0.691. The van der Waals surface area contributed by atoms with Crippen LogP contribution in [0.1, 0.15) is 22.5 Å². The summed E-state index contributed by atoms with van der Waals surface area (Å²) in [5.74, 6) is 0.0636. The lowest BCUT2D eigenvalue weighted by molar-refractivity contribution is 0.0760. The van der Waals surface area contributed by atoms with Gasteiger partial charge in [-0.15, -0.1) is 0 Å². The highest BCUT2D eigenvalue weighted by Gasteiger charge is 2.19. The number of carbonyl (C=O) groups excluding carboxylic acids is 1. The van der Waals surface area contributed by atoms with Crippen molar-refractivity contribution < 1.29 is 4.79 Å². The van der Waals surface area contributed by atoms with E-state index in [1.165, 1.54) is 0 Å². The standard InChI is InChI=1S/C10H16N4O/c1-8-7-12-13-9(8)10(15)14-5-2-3-11-4-6-14/h7,11H,2-6H2,1H3,(H,12,13). The average Bonchev–Trinajstić information content (AvgIpc) is 2.53. The third-order valence-electron chi connectivity index (χ3n) is 2.67. The van der Waals surface area contributed by atoms with E-state index in [-0.39, 0.29) is 5.91 Å². The highest BCUT2D eigenvalue weighted by molar-refractivity contribution is 5.93. The van der Waals surface area contributed by atoms with Crippen molar-refractivity contribution in [1.82, 2.24) is 20.4 Å². The lowest BCUT2D eigenvalue weighted by Gasteiger charge is -2.19. The van der Waals surface area contributed by atoms with Crippen molar-refractivity contribution in [3.63, 3.8) is 0 Å². The van der Waals surface area contributed by atoms with Crippen molar-refractivity contribution in [3.8, 4) is 0 Å². The predicted molar refractivity (Wildman–Crippen MR) is 56.7 cm³/mol. The molecule has 1 aliphatic heterocycles. The third-order valence-corrected chi connectivity index (χ3v) is 2.67. The number of rotatable bonds is 1. The molecule has 1 saturated heterocycles. The molecule has 2 N–H and O–H groups in total. The van der Waals surface area contributed by atoms with Crippen LogP contribution in [0.5, 0.6) is 0 Å². The molecule has 1 aliphatic rings. The first-order valence-corrected chi connectivity index (χ1v) is 5.29. The Balaban J connectivity index is 2.09. The van der Waals surface area contributed by atoms with Crippen LogP contribution in [-0.2, 0) is 0 Å². The largest absolute Gasteiger partial charge is 0.336 e. The molecule has 0 spiro atoms. The van der Waals surface area contributed by atoms with Gasteiger partial charge in [0.15, 0.2) is 0 Å². The molecule has 0 saturated carbocycles. The van der Waals surface area contributed by atoms with Crippen molar-refractivity contribution in [2.75, 3.05) is 26.2 Å². The van der Waals surface area contributed by atoms with E-state index in [4.69, 9.17) is 0 Å². The van der Waals surface area contributed by atoms with Gasteiger partial charge in [-0.1, -0.05) is 0 Å². The summed E-state index contributed by atoms with van der Waals surface area (Å²) in [5.41, 5.74) is 1.54. The lowest BCUT2D eigenvalue weighted by atomic mass is 10.2. The van der Waals surface area contributed by atoms with Crippen LogP contribution in [0.15, 0.2) is 6.20 Å². The van der Waals surface area contributed by atoms with E-state index in [2.05, 4.69) is 15.5 Å². The van der Waals surface area contributed by atoms with Gasteiger partial charge in [0.25, 0.3) is 5.91 Å². The zero-order valence-electron chi connectivity index (χ0n) is 8.92.